The molecule has 1 aliphatic rings. The van der Waals surface area contributed by atoms with Gasteiger partial charge in [0, 0.05) is 39.3 Å². The first-order valence-corrected chi connectivity index (χ1v) is 8.98. The van der Waals surface area contributed by atoms with Crippen molar-refractivity contribution >= 4 is 29.9 Å². The molecular weight excluding hydrogens is 433 g/mol. The number of ether oxygens (including phenoxy) is 2. The molecule has 0 saturated carbocycles. The normalized spacial score (nSPS) is 20.3. The maximum absolute atomic E-state index is 5.81. The third-order valence-corrected chi connectivity index (χ3v) is 4.08. The number of hydrogen-bond donors (Lipinski definition) is 2. The van der Waals surface area contributed by atoms with Crippen molar-refractivity contribution in [2.45, 2.75) is 45.1 Å². The topological polar surface area (TPSA) is 68.0 Å². The quantitative estimate of drug-likeness (QED) is 0.241. The van der Waals surface area contributed by atoms with Gasteiger partial charge in [-0.1, -0.05) is 0 Å². The first-order valence-electron chi connectivity index (χ1n) is 8.98. The SMILES string of the molecule is CCOCCCNC(=NCC1(C)CCCO1)NCCc1ccco1.I. The highest BCUT2D eigenvalue weighted by Gasteiger charge is 2.29. The summed E-state index contributed by atoms with van der Waals surface area (Å²) in [6, 6.07) is 3.90. The Morgan fingerprint density at radius 2 is 2.20 bits per heavy atom. The molecule has 0 bridgehead atoms. The number of halogens is 1. The van der Waals surface area contributed by atoms with Crippen molar-refractivity contribution in [3.63, 3.8) is 0 Å². The summed E-state index contributed by atoms with van der Waals surface area (Å²) in [7, 11) is 0. The molecule has 1 aromatic heterocycles. The van der Waals surface area contributed by atoms with Gasteiger partial charge in [0.1, 0.15) is 5.76 Å². The second-order valence-corrected chi connectivity index (χ2v) is 6.30. The molecule has 0 spiro atoms. The van der Waals surface area contributed by atoms with E-state index >= 15 is 0 Å². The summed E-state index contributed by atoms with van der Waals surface area (Å²) >= 11 is 0. The highest BCUT2D eigenvalue weighted by Crippen LogP contribution is 2.24. The Morgan fingerprint density at radius 1 is 1.36 bits per heavy atom. The van der Waals surface area contributed by atoms with Crippen LogP contribution < -0.4 is 10.6 Å². The Labute approximate surface area is 168 Å². The zero-order valence-corrected chi connectivity index (χ0v) is 17.7. The highest BCUT2D eigenvalue weighted by atomic mass is 127. The summed E-state index contributed by atoms with van der Waals surface area (Å²) in [5.41, 5.74) is -0.124. The van der Waals surface area contributed by atoms with Gasteiger partial charge in [0.25, 0.3) is 0 Å². The minimum atomic E-state index is -0.124. The first-order chi connectivity index (χ1) is 11.7. The predicted molar refractivity (Wildman–Crippen MR) is 111 cm³/mol. The molecule has 0 radical (unpaired) electrons. The van der Waals surface area contributed by atoms with E-state index in [1.807, 2.05) is 19.1 Å². The number of aliphatic imine (C=N–C) groups is 1. The lowest BCUT2D eigenvalue weighted by Crippen LogP contribution is -2.40. The summed E-state index contributed by atoms with van der Waals surface area (Å²) in [6.45, 7) is 8.82. The van der Waals surface area contributed by atoms with E-state index in [2.05, 4.69) is 17.6 Å². The fraction of sp³-hybridized carbons (Fsp3) is 0.722. The summed E-state index contributed by atoms with van der Waals surface area (Å²) in [4.78, 5) is 4.71. The van der Waals surface area contributed by atoms with Gasteiger partial charge in [-0.15, -0.1) is 24.0 Å². The molecule has 0 aromatic carbocycles. The van der Waals surface area contributed by atoms with Crippen LogP contribution in [0.5, 0.6) is 0 Å². The van der Waals surface area contributed by atoms with E-state index in [1.165, 1.54) is 0 Å². The Hall–Kier alpha value is -0.800. The summed E-state index contributed by atoms with van der Waals surface area (Å²) in [6.07, 6.45) is 5.69. The number of rotatable bonds is 10. The maximum Gasteiger partial charge on any atom is 0.191 e. The minimum absolute atomic E-state index is 0. The van der Waals surface area contributed by atoms with Crippen LogP contribution in [0, 0.1) is 0 Å². The second kappa shape index (κ2) is 12.5. The van der Waals surface area contributed by atoms with Crippen LogP contribution in [0.15, 0.2) is 27.8 Å². The van der Waals surface area contributed by atoms with Crippen molar-refractivity contribution in [1.82, 2.24) is 10.6 Å². The molecule has 2 heterocycles. The van der Waals surface area contributed by atoms with E-state index in [0.29, 0.717) is 6.54 Å². The van der Waals surface area contributed by atoms with Gasteiger partial charge in [0.15, 0.2) is 5.96 Å². The van der Waals surface area contributed by atoms with Crippen molar-refractivity contribution in [3.8, 4) is 0 Å². The molecule has 1 aromatic rings. The Balaban J connectivity index is 0.00000312. The fourth-order valence-electron chi connectivity index (χ4n) is 2.67. The van der Waals surface area contributed by atoms with E-state index < -0.39 is 0 Å². The lowest BCUT2D eigenvalue weighted by atomic mass is 10.0. The van der Waals surface area contributed by atoms with Crippen LogP contribution in [-0.2, 0) is 15.9 Å². The largest absolute Gasteiger partial charge is 0.469 e. The molecule has 0 amide bonds. The number of nitrogens with zero attached hydrogens (tertiary/aromatic N) is 1. The molecule has 1 atom stereocenters. The van der Waals surface area contributed by atoms with Crippen molar-refractivity contribution < 1.29 is 13.9 Å². The maximum atomic E-state index is 5.81. The van der Waals surface area contributed by atoms with Crippen LogP contribution >= 0.6 is 24.0 Å². The van der Waals surface area contributed by atoms with Crippen molar-refractivity contribution in [2.75, 3.05) is 39.5 Å². The molecule has 1 fully saturated rings. The number of furan rings is 1. The third kappa shape index (κ3) is 8.91. The lowest BCUT2D eigenvalue weighted by molar-refractivity contribution is 0.0283. The van der Waals surface area contributed by atoms with Gasteiger partial charge in [-0.05, 0) is 45.2 Å². The van der Waals surface area contributed by atoms with Crippen molar-refractivity contribution in [1.29, 1.82) is 0 Å². The monoisotopic (exact) mass is 465 g/mol. The third-order valence-electron chi connectivity index (χ3n) is 4.08. The van der Waals surface area contributed by atoms with Gasteiger partial charge < -0.3 is 24.5 Å². The predicted octanol–water partition coefficient (Wildman–Crippen LogP) is 2.97. The Kier molecular flexibility index (Phi) is 11.2. The molecule has 1 saturated heterocycles. The van der Waals surface area contributed by atoms with E-state index in [0.717, 1.165) is 70.3 Å². The molecular formula is C18H32IN3O3. The van der Waals surface area contributed by atoms with E-state index in [4.69, 9.17) is 18.9 Å². The van der Waals surface area contributed by atoms with Crippen LogP contribution in [0.3, 0.4) is 0 Å². The molecule has 2 rings (SSSR count). The summed E-state index contributed by atoms with van der Waals surface area (Å²) in [5.74, 6) is 1.80. The molecule has 1 unspecified atom stereocenters. The van der Waals surface area contributed by atoms with Gasteiger partial charge in [-0.2, -0.15) is 0 Å². The summed E-state index contributed by atoms with van der Waals surface area (Å²) < 4.78 is 16.5. The first kappa shape index (κ1) is 22.2. The zero-order chi connectivity index (χ0) is 17.1. The van der Waals surface area contributed by atoms with Crippen molar-refractivity contribution in [3.05, 3.63) is 24.2 Å². The number of hydrogen-bond acceptors (Lipinski definition) is 4. The molecule has 6 nitrogen and oxygen atoms in total. The van der Waals surface area contributed by atoms with Gasteiger partial charge in [0.05, 0.1) is 18.4 Å². The molecule has 2 N–H and O–H groups in total. The number of nitrogens with one attached hydrogen (secondary N) is 2. The number of guanidine groups is 1. The van der Waals surface area contributed by atoms with Gasteiger partial charge in [-0.3, -0.25) is 4.99 Å². The van der Waals surface area contributed by atoms with Crippen LogP contribution in [0.2, 0.25) is 0 Å². The van der Waals surface area contributed by atoms with E-state index in [-0.39, 0.29) is 29.6 Å². The van der Waals surface area contributed by atoms with Crippen LogP contribution in [0.4, 0.5) is 0 Å². The van der Waals surface area contributed by atoms with Gasteiger partial charge in [-0.25, -0.2) is 0 Å². The highest BCUT2D eigenvalue weighted by molar-refractivity contribution is 14.0. The molecule has 0 aliphatic carbocycles. The van der Waals surface area contributed by atoms with Crippen LogP contribution in [0.1, 0.15) is 38.9 Å². The smallest absolute Gasteiger partial charge is 0.191 e. The lowest BCUT2D eigenvalue weighted by Gasteiger charge is -2.21. The Morgan fingerprint density at radius 3 is 2.88 bits per heavy atom. The van der Waals surface area contributed by atoms with E-state index in [9.17, 15) is 0 Å². The molecule has 7 heteroatoms. The van der Waals surface area contributed by atoms with Crippen LogP contribution in [-0.4, -0.2) is 51.0 Å². The summed E-state index contributed by atoms with van der Waals surface area (Å²) in [5, 5.41) is 6.75. The fourth-order valence-corrected chi connectivity index (χ4v) is 2.67. The standard InChI is InChI=1S/C18H31N3O3.HI/c1-3-22-12-6-10-19-17(20-11-8-16-7-4-13-23-16)21-15-18(2)9-5-14-24-18;/h4,7,13H,3,5-6,8-12,14-15H2,1-2H3,(H2,19,20,21);1H. The average molecular weight is 465 g/mol. The van der Waals surface area contributed by atoms with Gasteiger partial charge in [0.2, 0.25) is 0 Å². The average Bonchev–Trinajstić information content (AvgIpc) is 3.24. The zero-order valence-electron chi connectivity index (χ0n) is 15.4. The molecule has 144 valence electrons. The minimum Gasteiger partial charge on any atom is -0.469 e. The van der Waals surface area contributed by atoms with Gasteiger partial charge >= 0.3 is 0 Å². The molecule has 1 aliphatic heterocycles. The van der Waals surface area contributed by atoms with E-state index in [1.54, 1.807) is 6.26 Å². The second-order valence-electron chi connectivity index (χ2n) is 6.30. The van der Waals surface area contributed by atoms with Crippen LogP contribution in [0.25, 0.3) is 0 Å². The molecule has 25 heavy (non-hydrogen) atoms. The Bertz CT molecular complexity index is 474. The van der Waals surface area contributed by atoms with Crippen molar-refractivity contribution in [2.24, 2.45) is 4.99 Å².